The molecule has 2 rings (SSSR count). The largest absolute Gasteiger partial charge is 0.444 e. The molecule has 0 aromatic carbocycles. The molecule has 0 spiro atoms. The SMILES string of the molecule is CC(C)(C)OC(=O)NCc1cnc(-n2cc(C#CCCO)cn2)s1. The number of aliphatic hydroxyl groups is 1. The van der Waals surface area contributed by atoms with Crippen molar-refractivity contribution in [2.24, 2.45) is 0 Å². The summed E-state index contributed by atoms with van der Waals surface area (Å²) in [5, 5.41) is 16.3. The predicted molar refractivity (Wildman–Crippen MR) is 90.9 cm³/mol. The molecule has 0 saturated carbocycles. The number of alkyl carbamates (subject to hydrolysis) is 1. The van der Waals surface area contributed by atoms with Crippen molar-refractivity contribution in [3.63, 3.8) is 0 Å². The van der Waals surface area contributed by atoms with Gasteiger partial charge in [0.2, 0.25) is 5.13 Å². The minimum Gasteiger partial charge on any atom is -0.444 e. The molecule has 7 nitrogen and oxygen atoms in total. The first kappa shape index (κ1) is 18.0. The molecule has 8 heteroatoms. The predicted octanol–water partition coefficient (Wildman–Crippen LogP) is 2.09. The van der Waals surface area contributed by atoms with E-state index >= 15 is 0 Å². The zero-order valence-corrected chi connectivity index (χ0v) is 14.7. The molecule has 0 saturated heterocycles. The molecule has 24 heavy (non-hydrogen) atoms. The number of thiazole rings is 1. The highest BCUT2D eigenvalue weighted by atomic mass is 32.1. The Morgan fingerprint density at radius 3 is 2.96 bits per heavy atom. The van der Waals surface area contributed by atoms with E-state index < -0.39 is 11.7 Å². The van der Waals surface area contributed by atoms with Crippen molar-refractivity contribution in [1.29, 1.82) is 0 Å². The fourth-order valence-corrected chi connectivity index (χ4v) is 2.45. The quantitative estimate of drug-likeness (QED) is 0.826. The second-order valence-corrected chi connectivity index (χ2v) is 7.01. The van der Waals surface area contributed by atoms with Crippen LogP contribution in [0.5, 0.6) is 0 Å². The maximum absolute atomic E-state index is 11.6. The van der Waals surface area contributed by atoms with E-state index in [1.165, 1.54) is 11.3 Å². The fraction of sp³-hybridized carbons (Fsp3) is 0.438. The van der Waals surface area contributed by atoms with Crippen LogP contribution in [-0.2, 0) is 11.3 Å². The molecule has 0 aliphatic heterocycles. The minimum atomic E-state index is -0.522. The number of aliphatic hydroxyl groups excluding tert-OH is 1. The summed E-state index contributed by atoms with van der Waals surface area (Å²) in [6.07, 6.45) is 5.08. The molecule has 0 atom stereocenters. The van der Waals surface area contributed by atoms with Crippen LogP contribution >= 0.6 is 11.3 Å². The number of hydrogen-bond acceptors (Lipinski definition) is 6. The number of carbonyl (C=O) groups is 1. The van der Waals surface area contributed by atoms with E-state index in [0.717, 1.165) is 10.4 Å². The van der Waals surface area contributed by atoms with E-state index in [4.69, 9.17) is 9.84 Å². The average Bonchev–Trinajstić information content (AvgIpc) is 3.12. The summed E-state index contributed by atoms with van der Waals surface area (Å²) >= 11 is 1.42. The maximum Gasteiger partial charge on any atom is 0.407 e. The van der Waals surface area contributed by atoms with Crippen LogP contribution in [0.3, 0.4) is 0 Å². The summed E-state index contributed by atoms with van der Waals surface area (Å²) in [6.45, 7) is 5.83. The number of rotatable bonds is 4. The Morgan fingerprint density at radius 2 is 2.25 bits per heavy atom. The van der Waals surface area contributed by atoms with Crippen molar-refractivity contribution in [1.82, 2.24) is 20.1 Å². The normalized spacial score (nSPS) is 10.8. The average molecular weight is 348 g/mol. The molecular formula is C16H20N4O3S. The van der Waals surface area contributed by atoms with Crippen molar-refractivity contribution in [2.75, 3.05) is 6.61 Å². The Labute approximate surface area is 144 Å². The number of ether oxygens (including phenoxy) is 1. The molecule has 2 aromatic rings. The van der Waals surface area contributed by atoms with E-state index in [-0.39, 0.29) is 6.61 Å². The van der Waals surface area contributed by atoms with Crippen LogP contribution in [0.2, 0.25) is 0 Å². The number of hydrogen-bond donors (Lipinski definition) is 2. The summed E-state index contributed by atoms with van der Waals surface area (Å²) in [4.78, 5) is 16.8. The Morgan fingerprint density at radius 1 is 1.46 bits per heavy atom. The molecule has 2 aromatic heterocycles. The van der Waals surface area contributed by atoms with Gasteiger partial charge >= 0.3 is 6.09 Å². The van der Waals surface area contributed by atoms with Crippen LogP contribution in [0, 0.1) is 11.8 Å². The number of aromatic nitrogens is 3. The molecule has 1 amide bonds. The lowest BCUT2D eigenvalue weighted by atomic mass is 10.2. The Bertz CT molecular complexity index is 749. The molecule has 0 fully saturated rings. The smallest absolute Gasteiger partial charge is 0.407 e. The Balaban J connectivity index is 1.94. The van der Waals surface area contributed by atoms with Crippen molar-refractivity contribution in [2.45, 2.75) is 39.3 Å². The highest BCUT2D eigenvalue weighted by molar-refractivity contribution is 7.14. The summed E-state index contributed by atoms with van der Waals surface area (Å²) < 4.78 is 6.81. The Hall–Kier alpha value is -2.37. The standard InChI is InChI=1S/C16H20N4O3S/c1-16(2,3)23-15(22)18-10-13-9-17-14(24-13)20-11-12(8-19-20)6-4-5-7-21/h8-9,11,21H,5,7,10H2,1-3H3,(H,18,22). The van der Waals surface area contributed by atoms with Gasteiger partial charge in [0.05, 0.1) is 24.9 Å². The van der Waals surface area contributed by atoms with Gasteiger partial charge < -0.3 is 15.2 Å². The number of nitrogens with zero attached hydrogens (tertiary/aromatic N) is 3. The van der Waals surface area contributed by atoms with Gasteiger partial charge in [-0.25, -0.2) is 14.5 Å². The highest BCUT2D eigenvalue weighted by Crippen LogP contribution is 2.17. The zero-order valence-electron chi connectivity index (χ0n) is 13.9. The lowest BCUT2D eigenvalue weighted by Crippen LogP contribution is -2.31. The molecular weight excluding hydrogens is 328 g/mol. The number of nitrogens with one attached hydrogen (secondary N) is 1. The summed E-state index contributed by atoms with van der Waals surface area (Å²) in [5.41, 5.74) is 0.234. The van der Waals surface area contributed by atoms with E-state index in [0.29, 0.717) is 18.1 Å². The fourth-order valence-electron chi connectivity index (χ4n) is 1.67. The maximum atomic E-state index is 11.6. The highest BCUT2D eigenvalue weighted by Gasteiger charge is 2.16. The molecule has 0 radical (unpaired) electrons. The summed E-state index contributed by atoms with van der Waals surface area (Å²) in [7, 11) is 0. The van der Waals surface area contributed by atoms with Crippen LogP contribution in [-0.4, -0.2) is 38.2 Å². The lowest BCUT2D eigenvalue weighted by Gasteiger charge is -2.19. The summed E-state index contributed by atoms with van der Waals surface area (Å²) in [6, 6.07) is 0. The van der Waals surface area contributed by atoms with Crippen LogP contribution in [0.4, 0.5) is 4.79 Å². The van der Waals surface area contributed by atoms with Gasteiger partial charge in [0, 0.05) is 23.7 Å². The first-order valence-electron chi connectivity index (χ1n) is 7.44. The van der Waals surface area contributed by atoms with Crippen molar-refractivity contribution in [3.8, 4) is 17.0 Å². The van der Waals surface area contributed by atoms with Crippen LogP contribution < -0.4 is 5.32 Å². The third-order valence-corrected chi connectivity index (χ3v) is 3.58. The number of carbonyl (C=O) groups excluding carboxylic acids is 1. The van der Waals surface area contributed by atoms with Crippen LogP contribution in [0.25, 0.3) is 5.13 Å². The topological polar surface area (TPSA) is 89.3 Å². The van der Waals surface area contributed by atoms with Crippen molar-refractivity contribution < 1.29 is 14.6 Å². The van der Waals surface area contributed by atoms with Crippen molar-refractivity contribution >= 4 is 17.4 Å². The van der Waals surface area contributed by atoms with Crippen LogP contribution in [0.15, 0.2) is 18.6 Å². The summed E-state index contributed by atoms with van der Waals surface area (Å²) in [5.74, 6) is 5.76. The second-order valence-electron chi connectivity index (χ2n) is 5.91. The van der Waals surface area contributed by atoms with Crippen LogP contribution in [0.1, 0.15) is 37.6 Å². The molecule has 2 heterocycles. The van der Waals surface area contributed by atoms with Gasteiger partial charge in [0.15, 0.2) is 0 Å². The molecule has 0 aliphatic carbocycles. The van der Waals surface area contributed by atoms with Gasteiger partial charge in [-0.2, -0.15) is 5.10 Å². The van der Waals surface area contributed by atoms with E-state index in [9.17, 15) is 4.79 Å². The molecule has 0 bridgehead atoms. The van der Waals surface area contributed by atoms with Crippen molar-refractivity contribution in [3.05, 3.63) is 29.0 Å². The molecule has 2 N–H and O–H groups in total. The van der Waals surface area contributed by atoms with E-state index in [1.807, 2.05) is 20.8 Å². The third-order valence-electron chi connectivity index (χ3n) is 2.60. The number of amides is 1. The first-order chi connectivity index (χ1) is 11.4. The van der Waals surface area contributed by atoms with Gasteiger partial charge in [0.1, 0.15) is 5.60 Å². The third kappa shape index (κ3) is 5.68. The van der Waals surface area contributed by atoms with Gasteiger partial charge in [0.25, 0.3) is 0 Å². The Kier molecular flexibility index (Phi) is 5.95. The zero-order chi connectivity index (χ0) is 17.6. The van der Waals surface area contributed by atoms with E-state index in [1.54, 1.807) is 23.3 Å². The first-order valence-corrected chi connectivity index (χ1v) is 8.25. The van der Waals surface area contributed by atoms with Gasteiger partial charge in [-0.3, -0.25) is 0 Å². The monoisotopic (exact) mass is 348 g/mol. The van der Waals surface area contributed by atoms with Gasteiger partial charge in [-0.05, 0) is 20.8 Å². The minimum absolute atomic E-state index is 0.0433. The molecule has 0 aliphatic rings. The lowest BCUT2D eigenvalue weighted by molar-refractivity contribution is 0.0524. The van der Waals surface area contributed by atoms with Gasteiger partial charge in [-0.1, -0.05) is 23.2 Å². The second kappa shape index (κ2) is 7.95. The van der Waals surface area contributed by atoms with E-state index in [2.05, 4.69) is 27.2 Å². The molecule has 0 unspecified atom stereocenters. The molecule has 128 valence electrons. The van der Waals surface area contributed by atoms with Gasteiger partial charge in [-0.15, -0.1) is 0 Å².